The number of carbonyl (C=O) groups excluding carboxylic acids is 2. The van der Waals surface area contributed by atoms with Crippen molar-refractivity contribution in [1.82, 2.24) is 10.2 Å². The van der Waals surface area contributed by atoms with Gasteiger partial charge in [-0.2, -0.15) is 13.2 Å². The molecule has 0 saturated carbocycles. The highest BCUT2D eigenvalue weighted by atomic mass is 35.5. The molecule has 0 bridgehead atoms. The highest BCUT2D eigenvalue weighted by Gasteiger charge is 2.34. The summed E-state index contributed by atoms with van der Waals surface area (Å²) < 4.78 is 65.6. The average molecular weight is 603 g/mol. The molecule has 14 heteroatoms. The van der Waals surface area contributed by atoms with Crippen molar-refractivity contribution in [2.24, 2.45) is 0 Å². The van der Waals surface area contributed by atoms with Gasteiger partial charge in [-0.3, -0.25) is 13.9 Å². The first kappa shape index (κ1) is 31.0. The Morgan fingerprint density at radius 1 is 0.973 bits per heavy atom. The van der Waals surface area contributed by atoms with Crippen LogP contribution in [0.2, 0.25) is 15.1 Å². The van der Waals surface area contributed by atoms with Gasteiger partial charge < -0.3 is 10.2 Å². The number of amides is 2. The summed E-state index contributed by atoms with van der Waals surface area (Å²) in [6.45, 7) is 3.79. The summed E-state index contributed by atoms with van der Waals surface area (Å²) in [5.41, 5.74) is -1.19. The minimum atomic E-state index is -4.78. The van der Waals surface area contributed by atoms with Gasteiger partial charge in [0.2, 0.25) is 21.8 Å². The molecule has 0 aliphatic rings. The van der Waals surface area contributed by atoms with Crippen LogP contribution in [0.25, 0.3) is 0 Å². The zero-order chi connectivity index (χ0) is 28.3. The lowest BCUT2D eigenvalue weighted by atomic mass is 10.1. The first-order chi connectivity index (χ1) is 16.9. The highest BCUT2D eigenvalue weighted by Crippen LogP contribution is 2.36. The van der Waals surface area contributed by atoms with E-state index < -0.39 is 51.9 Å². The van der Waals surface area contributed by atoms with Crippen LogP contribution in [-0.2, 0) is 32.3 Å². The van der Waals surface area contributed by atoms with Crippen molar-refractivity contribution in [1.29, 1.82) is 0 Å². The summed E-state index contributed by atoms with van der Waals surface area (Å²) in [7, 11) is -4.29. The number of carbonyl (C=O) groups is 2. The molecule has 2 aromatic rings. The van der Waals surface area contributed by atoms with E-state index in [-0.39, 0.29) is 27.7 Å². The number of nitrogens with one attached hydrogen (secondary N) is 1. The maximum absolute atomic E-state index is 13.5. The van der Waals surface area contributed by atoms with E-state index in [0.29, 0.717) is 22.0 Å². The topological polar surface area (TPSA) is 86.8 Å². The second-order valence-corrected chi connectivity index (χ2v) is 11.7. The molecule has 37 heavy (non-hydrogen) atoms. The summed E-state index contributed by atoms with van der Waals surface area (Å²) in [4.78, 5) is 27.3. The molecule has 0 aliphatic carbocycles. The fraction of sp³-hybridized carbons (Fsp3) is 0.391. The largest absolute Gasteiger partial charge is 0.416 e. The van der Waals surface area contributed by atoms with Gasteiger partial charge in [-0.15, -0.1) is 0 Å². The normalized spacial score (nSPS) is 12.8. The minimum Gasteiger partial charge on any atom is -0.352 e. The second-order valence-electron chi connectivity index (χ2n) is 8.54. The molecule has 2 amide bonds. The summed E-state index contributed by atoms with van der Waals surface area (Å²) >= 11 is 18.1. The maximum atomic E-state index is 13.5. The maximum Gasteiger partial charge on any atom is 0.416 e. The SMILES string of the molecule is CC(C)NC(=O)[C@@H](C)N(Cc1ccc(Cl)c(Cl)c1)C(=O)CN(c1cc(C(F)(F)F)ccc1Cl)S(C)(=O)=O. The molecule has 1 N–H and O–H groups in total. The van der Waals surface area contributed by atoms with E-state index >= 15 is 0 Å². The monoisotopic (exact) mass is 601 g/mol. The Balaban J connectivity index is 2.52. The highest BCUT2D eigenvalue weighted by molar-refractivity contribution is 7.92. The molecule has 2 rings (SSSR count). The number of nitrogens with zero attached hydrogens (tertiary/aromatic N) is 2. The summed E-state index contributed by atoms with van der Waals surface area (Å²) in [5.74, 6) is -1.39. The third-order valence-electron chi connectivity index (χ3n) is 5.16. The van der Waals surface area contributed by atoms with Crippen molar-refractivity contribution in [2.45, 2.75) is 45.6 Å². The summed E-state index contributed by atoms with van der Waals surface area (Å²) in [6, 6.07) is 5.35. The van der Waals surface area contributed by atoms with Crippen molar-refractivity contribution in [3.63, 3.8) is 0 Å². The number of anilines is 1. The van der Waals surface area contributed by atoms with E-state index in [1.54, 1.807) is 19.9 Å². The van der Waals surface area contributed by atoms with Crippen molar-refractivity contribution in [3.05, 3.63) is 62.6 Å². The van der Waals surface area contributed by atoms with Crippen molar-refractivity contribution in [3.8, 4) is 0 Å². The van der Waals surface area contributed by atoms with Crippen LogP contribution in [0.1, 0.15) is 31.9 Å². The molecule has 0 unspecified atom stereocenters. The second kappa shape index (κ2) is 12.1. The summed E-state index contributed by atoms with van der Waals surface area (Å²) in [5, 5.41) is 2.82. The first-order valence-corrected chi connectivity index (χ1v) is 13.8. The molecule has 0 aromatic heterocycles. The minimum absolute atomic E-state index is 0.170. The lowest BCUT2D eigenvalue weighted by Crippen LogP contribution is -2.52. The van der Waals surface area contributed by atoms with Gasteiger partial charge >= 0.3 is 6.18 Å². The fourth-order valence-electron chi connectivity index (χ4n) is 3.30. The predicted molar refractivity (Wildman–Crippen MR) is 138 cm³/mol. The first-order valence-electron chi connectivity index (χ1n) is 10.8. The fourth-order valence-corrected chi connectivity index (χ4v) is 4.74. The number of benzene rings is 2. The Kier molecular flexibility index (Phi) is 10.1. The molecule has 0 heterocycles. The molecule has 0 aliphatic heterocycles. The van der Waals surface area contributed by atoms with Crippen LogP contribution < -0.4 is 9.62 Å². The number of alkyl halides is 3. The number of sulfonamides is 1. The van der Waals surface area contributed by atoms with Gasteiger partial charge in [0.1, 0.15) is 12.6 Å². The molecule has 0 saturated heterocycles. The third-order valence-corrected chi connectivity index (χ3v) is 7.34. The van der Waals surface area contributed by atoms with Crippen molar-refractivity contribution >= 4 is 62.3 Å². The Bertz CT molecular complexity index is 1270. The zero-order valence-electron chi connectivity index (χ0n) is 20.2. The molecule has 0 spiro atoms. The molecular formula is C23H25Cl3F3N3O4S. The third kappa shape index (κ3) is 8.39. The van der Waals surface area contributed by atoms with Gasteiger partial charge in [-0.25, -0.2) is 8.42 Å². The van der Waals surface area contributed by atoms with Crippen LogP contribution in [0.4, 0.5) is 18.9 Å². The van der Waals surface area contributed by atoms with Crippen LogP contribution >= 0.6 is 34.8 Å². The Morgan fingerprint density at radius 3 is 2.08 bits per heavy atom. The van der Waals surface area contributed by atoms with E-state index in [9.17, 15) is 31.2 Å². The lowest BCUT2D eigenvalue weighted by Gasteiger charge is -2.32. The summed E-state index contributed by atoms with van der Waals surface area (Å²) in [6.07, 6.45) is -4.05. The van der Waals surface area contributed by atoms with E-state index in [4.69, 9.17) is 34.8 Å². The van der Waals surface area contributed by atoms with Crippen molar-refractivity contribution in [2.75, 3.05) is 17.1 Å². The lowest BCUT2D eigenvalue weighted by molar-refractivity contribution is -0.139. The van der Waals surface area contributed by atoms with E-state index in [2.05, 4.69) is 5.32 Å². The molecular weight excluding hydrogens is 578 g/mol. The standard InChI is InChI=1S/C23H25Cl3F3N3O4S/c1-13(2)30-22(34)14(3)31(11-15-5-7-17(24)19(26)9-15)21(33)12-32(37(4,35)36)20-10-16(23(27,28)29)6-8-18(20)25/h5-10,13-14H,11-12H2,1-4H3,(H,30,34)/t14-/m1/s1. The number of halogens is 6. The van der Waals surface area contributed by atoms with Gasteiger partial charge in [-0.1, -0.05) is 40.9 Å². The Morgan fingerprint density at radius 2 is 1.57 bits per heavy atom. The van der Waals surface area contributed by atoms with Gasteiger partial charge in [-0.05, 0) is 56.7 Å². The average Bonchev–Trinajstić information content (AvgIpc) is 2.76. The number of rotatable bonds is 9. The smallest absolute Gasteiger partial charge is 0.352 e. The quantitative estimate of drug-likeness (QED) is 0.418. The zero-order valence-corrected chi connectivity index (χ0v) is 23.3. The number of hydrogen-bond donors (Lipinski definition) is 1. The van der Waals surface area contributed by atoms with Crippen LogP contribution in [0.5, 0.6) is 0 Å². The molecule has 0 fully saturated rings. The van der Waals surface area contributed by atoms with E-state index in [1.165, 1.54) is 19.1 Å². The van der Waals surface area contributed by atoms with E-state index in [0.717, 1.165) is 17.2 Å². The molecule has 2 aromatic carbocycles. The van der Waals surface area contributed by atoms with E-state index in [1.807, 2.05) is 0 Å². The van der Waals surface area contributed by atoms with Crippen LogP contribution in [0.3, 0.4) is 0 Å². The molecule has 0 radical (unpaired) electrons. The Labute approximate surface area is 228 Å². The van der Waals surface area contributed by atoms with Gasteiger partial charge in [0, 0.05) is 12.6 Å². The van der Waals surface area contributed by atoms with Crippen molar-refractivity contribution < 1.29 is 31.2 Å². The molecule has 1 atom stereocenters. The van der Waals surface area contributed by atoms with Gasteiger partial charge in [0.25, 0.3) is 0 Å². The molecule has 7 nitrogen and oxygen atoms in total. The van der Waals surface area contributed by atoms with Crippen LogP contribution in [0.15, 0.2) is 36.4 Å². The number of hydrogen-bond acceptors (Lipinski definition) is 4. The van der Waals surface area contributed by atoms with Crippen LogP contribution in [-0.4, -0.2) is 50.0 Å². The van der Waals surface area contributed by atoms with Gasteiger partial charge in [0.05, 0.1) is 32.6 Å². The Hall–Kier alpha value is -2.21. The van der Waals surface area contributed by atoms with Gasteiger partial charge in [0.15, 0.2) is 0 Å². The van der Waals surface area contributed by atoms with Crippen LogP contribution in [0, 0.1) is 0 Å². The molecule has 204 valence electrons. The predicted octanol–water partition coefficient (Wildman–Crippen LogP) is 5.37.